The third kappa shape index (κ3) is 4.73. The highest BCUT2D eigenvalue weighted by molar-refractivity contribution is 5.86. The molecule has 1 unspecified atom stereocenters. The van der Waals surface area contributed by atoms with E-state index < -0.39 is 5.97 Å². The maximum atomic E-state index is 11.9. The van der Waals surface area contributed by atoms with Crippen LogP contribution in [0.5, 0.6) is 0 Å². The van der Waals surface area contributed by atoms with Crippen LogP contribution in [0.2, 0.25) is 0 Å². The molecule has 1 aromatic rings. The van der Waals surface area contributed by atoms with Crippen LogP contribution in [0, 0.1) is 5.92 Å². The first-order valence-corrected chi connectivity index (χ1v) is 6.49. The molecule has 0 aliphatic carbocycles. The predicted molar refractivity (Wildman–Crippen MR) is 74.0 cm³/mol. The van der Waals surface area contributed by atoms with Gasteiger partial charge >= 0.3 is 5.97 Å². The number of amides is 1. The van der Waals surface area contributed by atoms with Crippen molar-refractivity contribution < 1.29 is 14.7 Å². The number of hydrogen-bond donors (Lipinski definition) is 2. The van der Waals surface area contributed by atoms with Crippen molar-refractivity contribution in [3.63, 3.8) is 0 Å². The van der Waals surface area contributed by atoms with E-state index in [2.05, 4.69) is 19.2 Å². The molecule has 0 saturated heterocycles. The zero-order valence-electron chi connectivity index (χ0n) is 11.6. The Labute approximate surface area is 113 Å². The van der Waals surface area contributed by atoms with E-state index in [1.165, 1.54) is 0 Å². The van der Waals surface area contributed by atoms with Gasteiger partial charge in [0.25, 0.3) is 0 Å². The van der Waals surface area contributed by atoms with Gasteiger partial charge in [-0.25, -0.2) is 0 Å². The van der Waals surface area contributed by atoms with E-state index in [1.807, 2.05) is 24.3 Å². The summed E-state index contributed by atoms with van der Waals surface area (Å²) >= 11 is 0. The summed E-state index contributed by atoms with van der Waals surface area (Å²) in [4.78, 5) is 22.4. The number of carboxylic acid groups (broad SMARTS) is 1. The van der Waals surface area contributed by atoms with Gasteiger partial charge in [-0.15, -0.1) is 0 Å². The number of hydrogen-bond acceptors (Lipinski definition) is 2. The maximum absolute atomic E-state index is 11.9. The number of rotatable bonds is 6. The molecule has 4 nitrogen and oxygen atoms in total. The fourth-order valence-electron chi connectivity index (χ4n) is 2.04. The Morgan fingerprint density at radius 3 is 2.42 bits per heavy atom. The molecule has 1 amide bonds. The van der Waals surface area contributed by atoms with E-state index in [9.17, 15) is 9.59 Å². The van der Waals surface area contributed by atoms with Crippen LogP contribution in [0.4, 0.5) is 0 Å². The van der Waals surface area contributed by atoms with Crippen molar-refractivity contribution in [1.82, 2.24) is 5.32 Å². The van der Waals surface area contributed by atoms with Crippen molar-refractivity contribution in [3.8, 4) is 0 Å². The highest BCUT2D eigenvalue weighted by Gasteiger charge is 2.18. The second-order valence-electron chi connectivity index (χ2n) is 5.13. The van der Waals surface area contributed by atoms with Gasteiger partial charge in [-0.1, -0.05) is 38.1 Å². The topological polar surface area (TPSA) is 66.4 Å². The van der Waals surface area contributed by atoms with E-state index in [0.717, 1.165) is 17.5 Å². The molecule has 0 bridgehead atoms. The number of carbonyl (C=O) groups is 2. The van der Waals surface area contributed by atoms with Crippen molar-refractivity contribution in [2.45, 2.75) is 33.1 Å². The van der Waals surface area contributed by atoms with Crippen molar-refractivity contribution >= 4 is 11.9 Å². The third-order valence-electron chi connectivity index (χ3n) is 2.96. The summed E-state index contributed by atoms with van der Waals surface area (Å²) in [6.45, 7) is 5.73. The zero-order chi connectivity index (χ0) is 14.4. The molecule has 1 rings (SSSR count). The molecule has 0 fully saturated rings. The molecular weight excluding hydrogens is 242 g/mol. The van der Waals surface area contributed by atoms with E-state index in [0.29, 0.717) is 5.92 Å². The summed E-state index contributed by atoms with van der Waals surface area (Å²) in [5.41, 5.74) is 2.12. The molecule has 1 aromatic carbocycles. The molecule has 0 aromatic heterocycles. The lowest BCUT2D eigenvalue weighted by Gasteiger charge is -2.17. The van der Waals surface area contributed by atoms with Crippen molar-refractivity contribution in [3.05, 3.63) is 35.4 Å². The lowest BCUT2D eigenvalue weighted by atomic mass is 9.90. The van der Waals surface area contributed by atoms with Crippen molar-refractivity contribution in [2.24, 2.45) is 5.92 Å². The van der Waals surface area contributed by atoms with E-state index in [1.54, 1.807) is 6.92 Å². The molecule has 0 heterocycles. The van der Waals surface area contributed by atoms with Crippen LogP contribution >= 0.6 is 0 Å². The Morgan fingerprint density at radius 2 is 1.84 bits per heavy atom. The fourth-order valence-corrected chi connectivity index (χ4v) is 2.04. The van der Waals surface area contributed by atoms with Gasteiger partial charge in [-0.05, 0) is 30.4 Å². The minimum Gasteiger partial charge on any atom is -0.480 e. The largest absolute Gasteiger partial charge is 0.480 e. The summed E-state index contributed by atoms with van der Waals surface area (Å²) in [5.74, 6) is -1.11. The normalized spacial score (nSPS) is 12.2. The molecule has 0 radical (unpaired) electrons. The van der Waals surface area contributed by atoms with Crippen LogP contribution in [-0.2, 0) is 16.0 Å². The summed E-state index contributed by atoms with van der Waals surface area (Å²) in [6, 6.07) is 7.82. The van der Waals surface area contributed by atoms with Crippen molar-refractivity contribution in [1.29, 1.82) is 0 Å². The van der Waals surface area contributed by atoms with Crippen LogP contribution in [-0.4, -0.2) is 23.5 Å². The van der Waals surface area contributed by atoms with Crippen LogP contribution in [0.3, 0.4) is 0 Å². The average molecular weight is 263 g/mol. The number of benzene rings is 1. The number of carbonyl (C=O) groups excluding carboxylic acids is 1. The van der Waals surface area contributed by atoms with Gasteiger partial charge in [0.1, 0.15) is 6.54 Å². The zero-order valence-corrected chi connectivity index (χ0v) is 11.6. The number of carboxylic acids is 1. The Bertz CT molecular complexity index is 454. The quantitative estimate of drug-likeness (QED) is 0.826. The third-order valence-corrected chi connectivity index (χ3v) is 2.96. The van der Waals surface area contributed by atoms with Crippen LogP contribution in [0.15, 0.2) is 24.3 Å². The molecule has 19 heavy (non-hydrogen) atoms. The smallest absolute Gasteiger partial charge is 0.322 e. The van der Waals surface area contributed by atoms with Crippen molar-refractivity contribution in [2.75, 3.05) is 6.54 Å². The molecular formula is C15H21NO3. The molecule has 104 valence electrons. The Balaban J connectivity index is 2.83. The first kappa shape index (κ1) is 15.2. The first-order chi connectivity index (χ1) is 8.91. The number of aliphatic carboxylic acids is 1. The van der Waals surface area contributed by atoms with E-state index >= 15 is 0 Å². The maximum Gasteiger partial charge on any atom is 0.322 e. The van der Waals surface area contributed by atoms with E-state index in [-0.39, 0.29) is 18.4 Å². The molecule has 0 aliphatic heterocycles. The fraction of sp³-hybridized carbons (Fsp3) is 0.467. The predicted octanol–water partition coefficient (Wildman–Crippen LogP) is 2.19. The standard InChI is InChI=1S/C15H21NO3/c1-10(2)8-12-6-4-5-7-13(12)11(3)15(19)16-9-14(17)18/h4-7,10-11H,8-9H2,1-3H3,(H,16,19)(H,17,18). The lowest BCUT2D eigenvalue weighted by Crippen LogP contribution is -2.32. The number of nitrogens with one attached hydrogen (secondary N) is 1. The van der Waals surface area contributed by atoms with Crippen LogP contribution < -0.4 is 5.32 Å². The van der Waals surface area contributed by atoms with Crippen LogP contribution in [0.1, 0.15) is 37.8 Å². The summed E-state index contributed by atoms with van der Waals surface area (Å²) in [5, 5.41) is 11.0. The Kier molecular flexibility index (Phi) is 5.55. The monoisotopic (exact) mass is 263 g/mol. The minimum atomic E-state index is -1.03. The summed E-state index contributed by atoms with van der Waals surface area (Å²) in [6.07, 6.45) is 0.909. The molecule has 4 heteroatoms. The van der Waals surface area contributed by atoms with Gasteiger partial charge in [0, 0.05) is 0 Å². The van der Waals surface area contributed by atoms with Gasteiger partial charge in [-0.2, -0.15) is 0 Å². The minimum absolute atomic E-state index is 0.251. The Hall–Kier alpha value is -1.84. The molecule has 0 spiro atoms. The van der Waals surface area contributed by atoms with Gasteiger partial charge in [0.15, 0.2) is 0 Å². The molecule has 2 N–H and O–H groups in total. The van der Waals surface area contributed by atoms with Gasteiger partial charge in [0.05, 0.1) is 5.92 Å². The molecule has 1 atom stereocenters. The van der Waals surface area contributed by atoms with Gasteiger partial charge in [-0.3, -0.25) is 9.59 Å². The lowest BCUT2D eigenvalue weighted by molar-refractivity contribution is -0.138. The van der Waals surface area contributed by atoms with Gasteiger partial charge < -0.3 is 10.4 Å². The van der Waals surface area contributed by atoms with Gasteiger partial charge in [0.2, 0.25) is 5.91 Å². The highest BCUT2D eigenvalue weighted by atomic mass is 16.4. The van der Waals surface area contributed by atoms with Crippen LogP contribution in [0.25, 0.3) is 0 Å². The van der Waals surface area contributed by atoms with E-state index in [4.69, 9.17) is 5.11 Å². The Morgan fingerprint density at radius 1 is 1.21 bits per heavy atom. The highest BCUT2D eigenvalue weighted by Crippen LogP contribution is 2.22. The summed E-state index contributed by atoms with van der Waals surface area (Å²) < 4.78 is 0. The second-order valence-corrected chi connectivity index (χ2v) is 5.13. The SMILES string of the molecule is CC(C)Cc1ccccc1C(C)C(=O)NCC(=O)O. The molecule has 0 saturated carbocycles. The molecule has 0 aliphatic rings. The second kappa shape index (κ2) is 6.92. The summed E-state index contributed by atoms with van der Waals surface area (Å²) in [7, 11) is 0. The first-order valence-electron chi connectivity index (χ1n) is 6.49. The average Bonchev–Trinajstić information content (AvgIpc) is 2.35.